The molecule has 3 nitrogen and oxygen atoms in total. The average Bonchev–Trinajstić information content (AvgIpc) is 2.35. The fourth-order valence-electron chi connectivity index (χ4n) is 1.66. The fourth-order valence-corrected chi connectivity index (χ4v) is 2.89. The Bertz CT molecular complexity index is 487. The molecule has 0 saturated heterocycles. The van der Waals surface area contributed by atoms with Crippen molar-refractivity contribution in [2.75, 3.05) is 6.61 Å². The van der Waals surface area contributed by atoms with E-state index in [0.29, 0.717) is 0 Å². The summed E-state index contributed by atoms with van der Waals surface area (Å²) in [6.07, 6.45) is -1.43. The lowest BCUT2D eigenvalue weighted by atomic mass is 10.1. The quantitative estimate of drug-likeness (QED) is 0.788. The van der Waals surface area contributed by atoms with Crippen molar-refractivity contribution in [1.29, 1.82) is 0 Å². The van der Waals surface area contributed by atoms with Crippen LogP contribution in [0.15, 0.2) is 18.3 Å². The van der Waals surface area contributed by atoms with Crippen molar-refractivity contribution in [2.24, 2.45) is 0 Å². The standard InChI is InChI=1S/C15H24F3NO2Si/c1-14(2,3)22(4,5)21-13(15(17,18)8-9-20)12-7-6-11(16)10-19-12/h6-7,10,13,20H,8-9H2,1-5H3. The van der Waals surface area contributed by atoms with Gasteiger partial charge in [-0.15, -0.1) is 0 Å². The first-order chi connectivity index (χ1) is 9.90. The van der Waals surface area contributed by atoms with E-state index in [2.05, 4.69) is 4.98 Å². The summed E-state index contributed by atoms with van der Waals surface area (Å²) < 4.78 is 47.6. The van der Waals surface area contributed by atoms with Crippen LogP contribution in [0.4, 0.5) is 13.2 Å². The van der Waals surface area contributed by atoms with Gasteiger partial charge in [-0.1, -0.05) is 20.8 Å². The Morgan fingerprint density at radius 1 is 1.27 bits per heavy atom. The fraction of sp³-hybridized carbons (Fsp3) is 0.667. The Morgan fingerprint density at radius 2 is 1.86 bits per heavy atom. The van der Waals surface area contributed by atoms with Crippen molar-refractivity contribution in [3.63, 3.8) is 0 Å². The zero-order chi connectivity index (χ0) is 17.2. The zero-order valence-electron chi connectivity index (χ0n) is 13.7. The van der Waals surface area contributed by atoms with Gasteiger partial charge in [-0.05, 0) is 30.3 Å². The van der Waals surface area contributed by atoms with E-state index in [1.165, 1.54) is 6.07 Å². The topological polar surface area (TPSA) is 42.4 Å². The molecule has 1 atom stereocenters. The van der Waals surface area contributed by atoms with Crippen molar-refractivity contribution < 1.29 is 22.7 Å². The first kappa shape index (κ1) is 19.1. The van der Waals surface area contributed by atoms with Crippen LogP contribution in [0.25, 0.3) is 0 Å². The van der Waals surface area contributed by atoms with Crippen LogP contribution in [-0.2, 0) is 4.43 Å². The third kappa shape index (κ3) is 4.53. The number of halogens is 3. The second kappa shape index (κ2) is 6.68. The molecule has 7 heteroatoms. The predicted octanol–water partition coefficient (Wildman–Crippen LogP) is 4.30. The lowest BCUT2D eigenvalue weighted by Crippen LogP contribution is -2.46. The molecule has 0 amide bonds. The van der Waals surface area contributed by atoms with Gasteiger partial charge >= 0.3 is 0 Å². The van der Waals surface area contributed by atoms with Crippen molar-refractivity contribution in [3.8, 4) is 0 Å². The average molecular weight is 335 g/mol. The van der Waals surface area contributed by atoms with E-state index >= 15 is 0 Å². The molecule has 126 valence electrons. The lowest BCUT2D eigenvalue weighted by Gasteiger charge is -2.41. The van der Waals surface area contributed by atoms with Crippen molar-refractivity contribution in [2.45, 2.75) is 57.4 Å². The largest absolute Gasteiger partial charge is 0.403 e. The molecule has 1 unspecified atom stereocenters. The van der Waals surface area contributed by atoms with E-state index in [4.69, 9.17) is 9.53 Å². The van der Waals surface area contributed by atoms with Gasteiger partial charge in [0.15, 0.2) is 14.4 Å². The Morgan fingerprint density at radius 3 is 2.27 bits per heavy atom. The van der Waals surface area contributed by atoms with Crippen LogP contribution in [0.2, 0.25) is 18.1 Å². The Balaban J connectivity index is 3.21. The zero-order valence-corrected chi connectivity index (χ0v) is 14.7. The SMILES string of the molecule is CC(C)(C)[Si](C)(C)OC(c1ccc(F)cn1)C(F)(F)CCO. The molecule has 1 rings (SSSR count). The van der Waals surface area contributed by atoms with Crippen LogP contribution < -0.4 is 0 Å². The molecule has 0 radical (unpaired) electrons. The van der Waals surface area contributed by atoms with Gasteiger partial charge in [0.2, 0.25) is 0 Å². The molecule has 1 heterocycles. The van der Waals surface area contributed by atoms with Gasteiger partial charge in [-0.2, -0.15) is 0 Å². The minimum absolute atomic E-state index is 0.0234. The monoisotopic (exact) mass is 335 g/mol. The smallest absolute Gasteiger partial charge is 0.280 e. The van der Waals surface area contributed by atoms with Gasteiger partial charge in [0, 0.05) is 13.0 Å². The van der Waals surface area contributed by atoms with Crippen LogP contribution in [0, 0.1) is 5.82 Å². The summed E-state index contributed by atoms with van der Waals surface area (Å²) in [6, 6.07) is 2.29. The van der Waals surface area contributed by atoms with Gasteiger partial charge in [0.25, 0.3) is 5.92 Å². The van der Waals surface area contributed by atoms with Gasteiger partial charge in [0.1, 0.15) is 5.82 Å². The summed E-state index contributed by atoms with van der Waals surface area (Å²) in [5.74, 6) is -3.88. The highest BCUT2D eigenvalue weighted by Gasteiger charge is 2.48. The third-order valence-electron chi connectivity index (χ3n) is 4.07. The minimum Gasteiger partial charge on any atom is -0.403 e. The summed E-state index contributed by atoms with van der Waals surface area (Å²) in [5.41, 5.74) is -0.0234. The van der Waals surface area contributed by atoms with Crippen LogP contribution in [0.3, 0.4) is 0 Å². The van der Waals surface area contributed by atoms with Crippen LogP contribution in [0.5, 0.6) is 0 Å². The maximum absolute atomic E-state index is 14.4. The van der Waals surface area contributed by atoms with Crippen LogP contribution in [-0.4, -0.2) is 30.9 Å². The first-order valence-electron chi connectivity index (χ1n) is 7.19. The Kier molecular flexibility index (Phi) is 5.81. The number of aliphatic hydroxyl groups is 1. The molecule has 1 N–H and O–H groups in total. The molecule has 0 bridgehead atoms. The third-order valence-corrected chi connectivity index (χ3v) is 8.50. The highest BCUT2D eigenvalue weighted by molar-refractivity contribution is 6.74. The molecule has 0 fully saturated rings. The summed E-state index contributed by atoms with van der Waals surface area (Å²) in [7, 11) is -2.50. The van der Waals surface area contributed by atoms with E-state index in [9.17, 15) is 13.2 Å². The van der Waals surface area contributed by atoms with E-state index in [-0.39, 0.29) is 10.7 Å². The number of hydrogen-bond acceptors (Lipinski definition) is 3. The number of hydrogen-bond donors (Lipinski definition) is 1. The molecule has 0 saturated carbocycles. The molecule has 1 aromatic rings. The summed E-state index contributed by atoms with van der Waals surface area (Å²) in [4.78, 5) is 3.75. The second-order valence-corrected chi connectivity index (χ2v) is 11.7. The molecule has 0 spiro atoms. The number of aliphatic hydroxyl groups excluding tert-OH is 1. The van der Waals surface area contributed by atoms with Crippen molar-refractivity contribution in [1.82, 2.24) is 4.98 Å². The Labute approximate surface area is 130 Å². The summed E-state index contributed by atoms with van der Waals surface area (Å²) in [5, 5.41) is 8.63. The lowest BCUT2D eigenvalue weighted by molar-refractivity contribution is -0.117. The maximum atomic E-state index is 14.4. The molecule has 0 aliphatic heterocycles. The van der Waals surface area contributed by atoms with Gasteiger partial charge in [-0.25, -0.2) is 13.2 Å². The van der Waals surface area contributed by atoms with E-state index in [0.717, 1.165) is 12.3 Å². The molecule has 1 aromatic heterocycles. The van der Waals surface area contributed by atoms with Gasteiger partial charge in [-0.3, -0.25) is 4.98 Å². The maximum Gasteiger partial charge on any atom is 0.280 e. The summed E-state index contributed by atoms with van der Waals surface area (Å²) in [6.45, 7) is 8.89. The minimum atomic E-state index is -3.28. The van der Waals surface area contributed by atoms with Crippen molar-refractivity contribution in [3.05, 3.63) is 29.8 Å². The van der Waals surface area contributed by atoms with E-state index in [1.54, 1.807) is 0 Å². The number of nitrogens with zero attached hydrogens (tertiary/aromatic N) is 1. The normalized spacial score (nSPS) is 15.0. The first-order valence-corrected chi connectivity index (χ1v) is 10.1. The van der Waals surface area contributed by atoms with E-state index < -0.39 is 39.2 Å². The van der Waals surface area contributed by atoms with Gasteiger partial charge in [0.05, 0.1) is 11.9 Å². The van der Waals surface area contributed by atoms with Gasteiger partial charge < -0.3 is 9.53 Å². The number of alkyl halides is 2. The van der Waals surface area contributed by atoms with Crippen LogP contribution >= 0.6 is 0 Å². The highest BCUT2D eigenvalue weighted by atomic mass is 28.4. The molecule has 22 heavy (non-hydrogen) atoms. The number of pyridine rings is 1. The molecule has 0 aliphatic rings. The second-order valence-electron chi connectivity index (χ2n) is 6.89. The highest BCUT2D eigenvalue weighted by Crippen LogP contribution is 2.44. The van der Waals surface area contributed by atoms with E-state index in [1.807, 2.05) is 33.9 Å². The van der Waals surface area contributed by atoms with Crippen LogP contribution in [0.1, 0.15) is 39.0 Å². The predicted molar refractivity (Wildman–Crippen MR) is 81.9 cm³/mol. The Hall–Kier alpha value is -0.923. The molecular weight excluding hydrogens is 311 g/mol. The molecule has 0 aromatic carbocycles. The molecule has 0 aliphatic carbocycles. The van der Waals surface area contributed by atoms with Crippen molar-refractivity contribution >= 4 is 8.32 Å². The molecular formula is C15H24F3NO2Si. The number of aromatic nitrogens is 1. The summed E-state index contributed by atoms with van der Waals surface area (Å²) >= 11 is 0. The number of rotatable bonds is 6.